The second-order valence-electron chi connectivity index (χ2n) is 8.13. The van der Waals surface area contributed by atoms with E-state index in [9.17, 15) is 10.1 Å². The zero-order valence-electron chi connectivity index (χ0n) is 19.1. The monoisotopic (exact) mass is 503 g/mol. The highest BCUT2D eigenvalue weighted by atomic mass is 35.5. The van der Waals surface area contributed by atoms with Gasteiger partial charge in [-0.05, 0) is 54.3 Å². The van der Waals surface area contributed by atoms with Crippen LogP contribution in [0.4, 0.5) is 0 Å². The van der Waals surface area contributed by atoms with E-state index in [0.717, 1.165) is 27.6 Å². The van der Waals surface area contributed by atoms with Gasteiger partial charge in [0.2, 0.25) is 0 Å². The number of H-pyrrole nitrogens is 1. The number of hydrogen-bond donors (Lipinski definition) is 2. The highest BCUT2D eigenvalue weighted by molar-refractivity contribution is 6.37. The Morgan fingerprint density at radius 1 is 1.11 bits per heavy atom. The van der Waals surface area contributed by atoms with Gasteiger partial charge in [0.1, 0.15) is 18.2 Å². The van der Waals surface area contributed by atoms with Crippen molar-refractivity contribution >= 4 is 46.1 Å². The number of ether oxygens (including phenoxy) is 1. The van der Waals surface area contributed by atoms with Crippen LogP contribution >= 0.6 is 23.2 Å². The van der Waals surface area contributed by atoms with Gasteiger partial charge in [0.25, 0.3) is 5.91 Å². The number of fused-ring (bicyclic) bond motifs is 1. The molecular formula is C28H23Cl2N3O2. The first-order chi connectivity index (χ1) is 16.9. The lowest BCUT2D eigenvalue weighted by Crippen LogP contribution is -2.26. The van der Waals surface area contributed by atoms with E-state index >= 15 is 0 Å². The van der Waals surface area contributed by atoms with E-state index in [1.54, 1.807) is 12.1 Å². The van der Waals surface area contributed by atoms with Gasteiger partial charge in [0, 0.05) is 23.6 Å². The summed E-state index contributed by atoms with van der Waals surface area (Å²) < 4.78 is 5.83. The Labute approximate surface area is 213 Å². The predicted octanol–water partition coefficient (Wildman–Crippen LogP) is 6.63. The molecule has 1 aromatic heterocycles. The number of aromatic nitrogens is 1. The summed E-state index contributed by atoms with van der Waals surface area (Å²) in [4.78, 5) is 15.8. The maximum Gasteiger partial charge on any atom is 0.261 e. The zero-order valence-corrected chi connectivity index (χ0v) is 20.6. The Bertz CT molecular complexity index is 1430. The van der Waals surface area contributed by atoms with Crippen molar-refractivity contribution in [2.45, 2.75) is 20.0 Å². The van der Waals surface area contributed by atoms with E-state index in [1.807, 2.05) is 67.7 Å². The molecule has 0 radical (unpaired) electrons. The highest BCUT2D eigenvalue weighted by Crippen LogP contribution is 2.35. The van der Waals surface area contributed by atoms with Crippen molar-refractivity contribution in [3.05, 3.63) is 105 Å². The lowest BCUT2D eigenvalue weighted by Gasteiger charge is -2.11. The molecule has 4 rings (SSSR count). The van der Waals surface area contributed by atoms with Crippen LogP contribution in [-0.4, -0.2) is 17.4 Å². The maximum atomic E-state index is 12.6. The summed E-state index contributed by atoms with van der Waals surface area (Å²) in [5, 5.41) is 14.1. The number of benzene rings is 3. The van der Waals surface area contributed by atoms with Crippen LogP contribution in [0.1, 0.15) is 22.3 Å². The molecule has 0 saturated heterocycles. The molecular weight excluding hydrogens is 481 g/mol. The molecule has 1 heterocycles. The molecule has 7 heteroatoms. The number of nitriles is 1. The molecule has 5 nitrogen and oxygen atoms in total. The molecule has 0 spiro atoms. The maximum absolute atomic E-state index is 12.6. The van der Waals surface area contributed by atoms with E-state index in [4.69, 9.17) is 27.9 Å². The lowest BCUT2D eigenvalue weighted by atomic mass is 10.1. The first-order valence-corrected chi connectivity index (χ1v) is 11.8. The normalized spacial score (nSPS) is 11.3. The molecule has 0 aliphatic heterocycles. The summed E-state index contributed by atoms with van der Waals surface area (Å²) >= 11 is 12.8. The SMILES string of the molecule is Cc1cccc(COc2c(Cl)cc(/C=C(/C#N)C(=O)NCCc3c[nH]c4ccccc34)cc2Cl)c1. The van der Waals surface area contributed by atoms with Gasteiger partial charge in [-0.25, -0.2) is 0 Å². The predicted molar refractivity (Wildman–Crippen MR) is 141 cm³/mol. The van der Waals surface area contributed by atoms with E-state index in [1.165, 1.54) is 6.08 Å². The van der Waals surface area contributed by atoms with Gasteiger partial charge in [-0.15, -0.1) is 0 Å². The minimum atomic E-state index is -0.459. The van der Waals surface area contributed by atoms with E-state index < -0.39 is 5.91 Å². The third-order valence-corrected chi connectivity index (χ3v) is 6.08. The number of carbonyl (C=O) groups excluding carboxylic acids is 1. The minimum Gasteiger partial charge on any atom is -0.486 e. The van der Waals surface area contributed by atoms with E-state index in [2.05, 4.69) is 10.3 Å². The number of aryl methyl sites for hydroxylation is 1. The third-order valence-electron chi connectivity index (χ3n) is 5.52. The summed E-state index contributed by atoms with van der Waals surface area (Å²) in [6, 6.07) is 21.1. The summed E-state index contributed by atoms with van der Waals surface area (Å²) in [5.74, 6) is -0.104. The lowest BCUT2D eigenvalue weighted by molar-refractivity contribution is -0.117. The van der Waals surface area contributed by atoms with E-state index in [0.29, 0.717) is 40.9 Å². The van der Waals surface area contributed by atoms with Crippen molar-refractivity contribution < 1.29 is 9.53 Å². The molecule has 3 aromatic carbocycles. The molecule has 0 saturated carbocycles. The number of nitrogens with zero attached hydrogens (tertiary/aromatic N) is 1. The van der Waals surface area contributed by atoms with Gasteiger partial charge in [-0.1, -0.05) is 71.2 Å². The van der Waals surface area contributed by atoms with Crippen molar-refractivity contribution in [3.63, 3.8) is 0 Å². The van der Waals surface area contributed by atoms with Crippen LogP contribution in [0, 0.1) is 18.3 Å². The van der Waals surface area contributed by atoms with Crippen LogP contribution in [-0.2, 0) is 17.8 Å². The first-order valence-electron chi connectivity index (χ1n) is 11.1. The Kier molecular flexibility index (Phi) is 7.77. The standard InChI is InChI=1S/C28H23Cl2N3O2/c1-18-5-4-6-19(11-18)17-35-27-24(29)13-20(14-25(27)30)12-22(15-31)28(34)32-10-9-21-16-33-26-8-3-2-7-23(21)26/h2-8,11-14,16,33H,9-10,17H2,1H3,(H,32,34)/b22-12-. The first kappa shape index (κ1) is 24.4. The Hall–Kier alpha value is -3.72. The smallest absolute Gasteiger partial charge is 0.261 e. The topological polar surface area (TPSA) is 77.9 Å². The van der Waals surface area contributed by atoms with Crippen molar-refractivity contribution in [1.82, 2.24) is 10.3 Å². The highest BCUT2D eigenvalue weighted by Gasteiger charge is 2.13. The average Bonchev–Trinajstić information content (AvgIpc) is 3.25. The fourth-order valence-corrected chi connectivity index (χ4v) is 4.43. The number of amides is 1. The minimum absolute atomic E-state index is 0.0375. The molecule has 4 aromatic rings. The molecule has 0 bridgehead atoms. The molecule has 1 amide bonds. The van der Waals surface area contributed by atoms with Gasteiger partial charge < -0.3 is 15.0 Å². The largest absolute Gasteiger partial charge is 0.486 e. The number of para-hydroxylation sites is 1. The van der Waals surface area contributed by atoms with Crippen LogP contribution in [0.25, 0.3) is 17.0 Å². The summed E-state index contributed by atoms with van der Waals surface area (Å²) in [6.45, 7) is 2.72. The van der Waals surface area contributed by atoms with Crippen LogP contribution in [0.15, 0.2) is 72.4 Å². The molecule has 2 N–H and O–H groups in total. The Morgan fingerprint density at radius 2 is 1.89 bits per heavy atom. The number of aromatic amines is 1. The number of rotatable bonds is 8. The van der Waals surface area contributed by atoms with Crippen molar-refractivity contribution in [3.8, 4) is 11.8 Å². The summed E-state index contributed by atoms with van der Waals surface area (Å²) in [5.41, 5.74) is 4.77. The third kappa shape index (κ3) is 6.05. The quantitative estimate of drug-likeness (QED) is 0.209. The van der Waals surface area contributed by atoms with Crippen LogP contribution < -0.4 is 10.1 Å². The van der Waals surface area contributed by atoms with Crippen LogP contribution in [0.3, 0.4) is 0 Å². The molecule has 35 heavy (non-hydrogen) atoms. The van der Waals surface area contributed by atoms with Crippen molar-refractivity contribution in [2.75, 3.05) is 6.54 Å². The fraction of sp³-hybridized carbons (Fsp3) is 0.143. The molecule has 0 atom stereocenters. The van der Waals surface area contributed by atoms with Crippen LogP contribution in [0.5, 0.6) is 5.75 Å². The summed E-state index contributed by atoms with van der Waals surface area (Å²) in [6.07, 6.45) is 4.03. The number of carbonyl (C=O) groups is 1. The van der Waals surface area contributed by atoms with Crippen LogP contribution in [0.2, 0.25) is 10.0 Å². The average molecular weight is 504 g/mol. The Morgan fingerprint density at radius 3 is 2.63 bits per heavy atom. The molecule has 0 aliphatic carbocycles. The molecule has 0 fully saturated rings. The molecule has 0 unspecified atom stereocenters. The number of hydrogen-bond acceptors (Lipinski definition) is 3. The second-order valence-corrected chi connectivity index (χ2v) is 8.94. The number of halogens is 2. The fourth-order valence-electron chi connectivity index (χ4n) is 3.82. The Balaban J connectivity index is 1.41. The van der Waals surface area contributed by atoms with Crippen molar-refractivity contribution in [2.24, 2.45) is 0 Å². The van der Waals surface area contributed by atoms with Gasteiger partial charge in [-0.2, -0.15) is 5.26 Å². The van der Waals surface area contributed by atoms with Gasteiger partial charge in [0.05, 0.1) is 10.0 Å². The van der Waals surface area contributed by atoms with Gasteiger partial charge >= 0.3 is 0 Å². The van der Waals surface area contributed by atoms with Gasteiger partial charge in [-0.3, -0.25) is 4.79 Å². The molecule has 0 aliphatic rings. The molecule has 176 valence electrons. The van der Waals surface area contributed by atoms with Gasteiger partial charge in [0.15, 0.2) is 5.75 Å². The van der Waals surface area contributed by atoms with Crippen molar-refractivity contribution in [1.29, 1.82) is 5.26 Å². The van der Waals surface area contributed by atoms with E-state index in [-0.39, 0.29) is 5.57 Å². The number of nitrogens with one attached hydrogen (secondary N) is 2. The second kappa shape index (κ2) is 11.1. The summed E-state index contributed by atoms with van der Waals surface area (Å²) in [7, 11) is 0. The zero-order chi connectivity index (χ0) is 24.8.